The number of allylic oxidation sites excluding steroid dienone is 6. The quantitative estimate of drug-likeness (QED) is 0.372. The van der Waals surface area contributed by atoms with E-state index in [1.54, 1.807) is 11.1 Å². The highest BCUT2D eigenvalue weighted by Gasteiger charge is 2.32. The maximum absolute atomic E-state index is 5.54. The molecule has 2 aromatic carbocycles. The first-order valence-corrected chi connectivity index (χ1v) is 14.7. The van der Waals surface area contributed by atoms with Crippen LogP contribution in [0.1, 0.15) is 100 Å². The van der Waals surface area contributed by atoms with Crippen molar-refractivity contribution in [2.75, 3.05) is 13.2 Å². The summed E-state index contributed by atoms with van der Waals surface area (Å²) in [5.74, 6) is 1.29. The normalized spacial score (nSPS) is 20.3. The molecular weight excluding hydrogens is 448 g/mol. The number of rotatable bonds is 7. The Morgan fingerprint density at radius 2 is 1.68 bits per heavy atom. The standard InChI is InChI=1S/C36H46O/c1-7-27-20-29(14-13-28(27)10-8-9-26-15-17-37-18-16-26)31-21-32-19-25(3)35(33(32)22-31)30-12-11-24(2)34(23-30)36(4,5)6/h11-14,19-20,22-23,26,33H,7-10,15-18,21H2,1-6H3. The fourth-order valence-electron chi connectivity index (χ4n) is 6.93. The number of benzene rings is 2. The van der Waals surface area contributed by atoms with E-state index in [4.69, 9.17) is 4.74 Å². The third-order valence-electron chi connectivity index (χ3n) is 9.01. The lowest BCUT2D eigenvalue weighted by Crippen LogP contribution is -2.15. The molecule has 5 rings (SSSR count). The summed E-state index contributed by atoms with van der Waals surface area (Å²) in [5, 5.41) is 0. The van der Waals surface area contributed by atoms with Gasteiger partial charge in [-0.1, -0.05) is 81.8 Å². The summed E-state index contributed by atoms with van der Waals surface area (Å²) in [4.78, 5) is 0. The van der Waals surface area contributed by atoms with Crippen molar-refractivity contribution in [2.45, 2.75) is 91.9 Å². The third-order valence-corrected chi connectivity index (χ3v) is 9.01. The van der Waals surface area contributed by atoms with Crippen LogP contribution in [0.15, 0.2) is 59.7 Å². The third kappa shape index (κ3) is 5.58. The molecule has 0 saturated carbocycles. The summed E-state index contributed by atoms with van der Waals surface area (Å²) in [6.45, 7) is 15.8. The van der Waals surface area contributed by atoms with Crippen molar-refractivity contribution in [1.82, 2.24) is 0 Å². The molecule has 2 aliphatic carbocycles. The molecule has 0 N–H and O–H groups in total. The molecule has 1 atom stereocenters. The summed E-state index contributed by atoms with van der Waals surface area (Å²) in [5.41, 5.74) is 15.0. The summed E-state index contributed by atoms with van der Waals surface area (Å²) >= 11 is 0. The first-order valence-electron chi connectivity index (χ1n) is 14.7. The highest BCUT2D eigenvalue weighted by molar-refractivity contribution is 5.87. The van der Waals surface area contributed by atoms with Gasteiger partial charge in [0.15, 0.2) is 0 Å². The average molecular weight is 495 g/mol. The van der Waals surface area contributed by atoms with Crippen LogP contribution in [0.3, 0.4) is 0 Å². The second-order valence-electron chi connectivity index (χ2n) is 12.7. The largest absolute Gasteiger partial charge is 0.381 e. The lowest BCUT2D eigenvalue weighted by atomic mass is 9.81. The van der Waals surface area contributed by atoms with Crippen LogP contribution in [0.4, 0.5) is 0 Å². The van der Waals surface area contributed by atoms with Crippen molar-refractivity contribution in [1.29, 1.82) is 0 Å². The van der Waals surface area contributed by atoms with Crippen LogP contribution in [-0.2, 0) is 23.0 Å². The molecule has 196 valence electrons. The van der Waals surface area contributed by atoms with Gasteiger partial charge >= 0.3 is 0 Å². The maximum atomic E-state index is 5.54. The van der Waals surface area contributed by atoms with E-state index in [2.05, 4.69) is 90.1 Å². The zero-order valence-electron chi connectivity index (χ0n) is 24.0. The van der Waals surface area contributed by atoms with E-state index >= 15 is 0 Å². The predicted octanol–water partition coefficient (Wildman–Crippen LogP) is 9.42. The van der Waals surface area contributed by atoms with E-state index in [1.165, 1.54) is 76.6 Å². The fourth-order valence-corrected chi connectivity index (χ4v) is 6.93. The van der Waals surface area contributed by atoms with E-state index in [1.807, 2.05) is 0 Å². The van der Waals surface area contributed by atoms with E-state index < -0.39 is 0 Å². The molecule has 0 spiro atoms. The van der Waals surface area contributed by atoms with E-state index in [0.29, 0.717) is 5.92 Å². The summed E-state index contributed by atoms with van der Waals surface area (Å²) in [6, 6.07) is 14.5. The van der Waals surface area contributed by atoms with Crippen molar-refractivity contribution in [3.05, 3.63) is 93.1 Å². The first kappa shape index (κ1) is 26.2. The van der Waals surface area contributed by atoms with Crippen LogP contribution in [-0.4, -0.2) is 13.2 Å². The van der Waals surface area contributed by atoms with Crippen molar-refractivity contribution in [2.24, 2.45) is 11.8 Å². The number of hydrogen-bond donors (Lipinski definition) is 0. The zero-order valence-corrected chi connectivity index (χ0v) is 24.0. The number of hydrogen-bond acceptors (Lipinski definition) is 1. The van der Waals surface area contributed by atoms with Gasteiger partial charge in [0.05, 0.1) is 0 Å². The molecule has 0 bridgehead atoms. The van der Waals surface area contributed by atoms with Gasteiger partial charge in [-0.05, 0) is 120 Å². The number of ether oxygens (including phenoxy) is 1. The maximum Gasteiger partial charge on any atom is 0.0468 e. The zero-order chi connectivity index (χ0) is 26.2. The Balaban J connectivity index is 1.34. The monoisotopic (exact) mass is 494 g/mol. The van der Waals surface area contributed by atoms with Gasteiger partial charge in [0.25, 0.3) is 0 Å². The molecule has 3 aliphatic rings. The SMILES string of the molecule is CCc1cc(C2=CC3C(=CC(C)=C3c3ccc(C)c(C(C)(C)C)c3)C2)ccc1CCCC1CCOCC1. The van der Waals surface area contributed by atoms with Crippen LogP contribution >= 0.6 is 0 Å². The van der Waals surface area contributed by atoms with Crippen molar-refractivity contribution in [3.8, 4) is 0 Å². The van der Waals surface area contributed by atoms with Gasteiger partial charge in [-0.25, -0.2) is 0 Å². The molecule has 0 amide bonds. The Hall–Kier alpha value is -2.38. The highest BCUT2D eigenvalue weighted by Crippen LogP contribution is 2.49. The van der Waals surface area contributed by atoms with Gasteiger partial charge in [-0.2, -0.15) is 0 Å². The average Bonchev–Trinajstić information content (AvgIpc) is 3.41. The molecule has 0 radical (unpaired) electrons. The Morgan fingerprint density at radius 3 is 2.41 bits per heavy atom. The van der Waals surface area contributed by atoms with Crippen LogP contribution in [0, 0.1) is 18.8 Å². The Bertz CT molecular complexity index is 1240. The van der Waals surface area contributed by atoms with Crippen molar-refractivity contribution >= 4 is 11.1 Å². The second kappa shape index (κ2) is 10.8. The second-order valence-corrected chi connectivity index (χ2v) is 12.7. The molecule has 37 heavy (non-hydrogen) atoms. The molecule has 1 aliphatic heterocycles. The first-order chi connectivity index (χ1) is 17.7. The highest BCUT2D eigenvalue weighted by atomic mass is 16.5. The summed E-state index contributed by atoms with van der Waals surface area (Å²) < 4.78 is 5.54. The Labute approximate surface area is 225 Å². The molecule has 1 heteroatoms. The molecule has 1 nitrogen and oxygen atoms in total. The van der Waals surface area contributed by atoms with Gasteiger partial charge in [0, 0.05) is 19.1 Å². The van der Waals surface area contributed by atoms with Crippen LogP contribution in [0.2, 0.25) is 0 Å². The lowest BCUT2D eigenvalue weighted by Gasteiger charge is -2.24. The topological polar surface area (TPSA) is 9.23 Å². The van der Waals surface area contributed by atoms with Gasteiger partial charge in [-0.15, -0.1) is 0 Å². The van der Waals surface area contributed by atoms with E-state index in [9.17, 15) is 0 Å². The predicted molar refractivity (Wildman–Crippen MR) is 159 cm³/mol. The summed E-state index contributed by atoms with van der Waals surface area (Å²) in [6.07, 6.45) is 13.6. The van der Waals surface area contributed by atoms with Crippen LogP contribution in [0.25, 0.3) is 11.1 Å². The lowest BCUT2D eigenvalue weighted by molar-refractivity contribution is 0.0633. The molecular formula is C36H46O. The Morgan fingerprint density at radius 1 is 0.919 bits per heavy atom. The van der Waals surface area contributed by atoms with Crippen LogP contribution < -0.4 is 0 Å². The Kier molecular flexibility index (Phi) is 7.64. The van der Waals surface area contributed by atoms with Gasteiger partial charge < -0.3 is 4.74 Å². The van der Waals surface area contributed by atoms with E-state index in [-0.39, 0.29) is 5.41 Å². The van der Waals surface area contributed by atoms with Crippen LogP contribution in [0.5, 0.6) is 0 Å². The minimum absolute atomic E-state index is 0.156. The smallest absolute Gasteiger partial charge is 0.0468 e. The van der Waals surface area contributed by atoms with Crippen molar-refractivity contribution < 1.29 is 4.74 Å². The molecule has 1 fully saturated rings. The molecule has 2 aromatic rings. The molecule has 1 saturated heterocycles. The molecule has 0 aromatic heterocycles. The minimum Gasteiger partial charge on any atom is -0.381 e. The number of fused-ring (bicyclic) bond motifs is 1. The van der Waals surface area contributed by atoms with E-state index in [0.717, 1.165) is 32.0 Å². The fraction of sp³-hybridized carbons (Fsp3) is 0.500. The minimum atomic E-state index is 0.156. The van der Waals surface area contributed by atoms with Gasteiger partial charge in [0.2, 0.25) is 0 Å². The van der Waals surface area contributed by atoms with Gasteiger partial charge in [0.1, 0.15) is 0 Å². The van der Waals surface area contributed by atoms with Crippen molar-refractivity contribution in [3.63, 3.8) is 0 Å². The summed E-state index contributed by atoms with van der Waals surface area (Å²) in [7, 11) is 0. The number of aryl methyl sites for hydroxylation is 3. The van der Waals surface area contributed by atoms with Gasteiger partial charge in [-0.3, -0.25) is 0 Å². The molecule has 1 unspecified atom stereocenters. The molecule has 1 heterocycles.